The Morgan fingerprint density at radius 1 is 1.56 bits per heavy atom. The molecule has 0 radical (unpaired) electrons. The number of carboxylic acids is 1. The fourth-order valence-corrected chi connectivity index (χ4v) is 2.06. The molecule has 0 aromatic carbocycles. The van der Waals surface area contributed by atoms with Gasteiger partial charge in [-0.1, -0.05) is 0 Å². The number of hydrogen-bond acceptors (Lipinski definition) is 4. The monoisotopic (exact) mass is 279 g/mol. The third-order valence-electron chi connectivity index (χ3n) is 1.87. The second kappa shape index (κ2) is 6.29. The van der Waals surface area contributed by atoms with Crippen molar-refractivity contribution in [2.75, 3.05) is 6.54 Å². The van der Waals surface area contributed by atoms with Crippen LogP contribution >= 0.6 is 11.3 Å². The number of hydrogen-bond donors (Lipinski definition) is 2. The van der Waals surface area contributed by atoms with E-state index in [1.165, 1.54) is 6.07 Å². The summed E-state index contributed by atoms with van der Waals surface area (Å²) in [4.78, 5) is 22.5. The molecule has 1 aromatic heterocycles. The quantitative estimate of drug-likeness (QED) is 0.833. The summed E-state index contributed by atoms with van der Waals surface area (Å²) in [6, 6.07) is 1.34. The zero-order valence-electron chi connectivity index (χ0n) is 9.41. The van der Waals surface area contributed by atoms with Gasteiger partial charge < -0.3 is 15.2 Å². The number of carboxylic acid groups (broad SMARTS) is 1. The van der Waals surface area contributed by atoms with Gasteiger partial charge in [0.25, 0.3) is 5.91 Å². The van der Waals surface area contributed by atoms with Gasteiger partial charge in [0.1, 0.15) is 10.6 Å². The first-order valence-corrected chi connectivity index (χ1v) is 5.77. The lowest BCUT2D eigenvalue weighted by Gasteiger charge is -2.05. The molecule has 18 heavy (non-hydrogen) atoms. The lowest BCUT2D eigenvalue weighted by Crippen LogP contribution is -2.25. The zero-order chi connectivity index (χ0) is 13.7. The second-order valence-corrected chi connectivity index (χ2v) is 4.58. The molecule has 8 heteroatoms. The molecule has 0 aliphatic heterocycles. The molecule has 0 bridgehead atoms. The van der Waals surface area contributed by atoms with Gasteiger partial charge in [-0.15, -0.1) is 11.3 Å². The Bertz CT molecular complexity index is 447. The Labute approximate surface area is 105 Å². The maximum atomic E-state index is 12.1. The summed E-state index contributed by atoms with van der Waals surface area (Å²) >= 11 is 1.01. The number of carbonyl (C=O) groups excluding carboxylic acids is 1. The molecular formula is C10H11F2NO4S. The second-order valence-electron chi connectivity index (χ2n) is 3.33. The molecule has 0 spiro atoms. The predicted molar refractivity (Wildman–Crippen MR) is 60.3 cm³/mol. The van der Waals surface area contributed by atoms with Crippen molar-refractivity contribution >= 4 is 23.2 Å². The minimum absolute atomic E-state index is 0.0122. The van der Waals surface area contributed by atoms with Gasteiger partial charge in [-0.25, -0.2) is 0 Å². The molecule has 0 saturated heterocycles. The molecule has 1 heterocycles. The van der Waals surface area contributed by atoms with Crippen molar-refractivity contribution in [1.82, 2.24) is 5.32 Å². The number of carbonyl (C=O) groups is 2. The predicted octanol–water partition coefficient (Wildman–Crippen LogP) is 1.86. The maximum absolute atomic E-state index is 12.1. The molecule has 1 amide bonds. The van der Waals surface area contributed by atoms with Crippen molar-refractivity contribution in [3.63, 3.8) is 0 Å². The zero-order valence-corrected chi connectivity index (χ0v) is 10.2. The van der Waals surface area contributed by atoms with Gasteiger partial charge in [-0.2, -0.15) is 8.78 Å². The smallest absolute Gasteiger partial charge is 0.387 e. The lowest BCUT2D eigenvalue weighted by molar-refractivity contribution is -0.136. The molecule has 0 aliphatic carbocycles. The van der Waals surface area contributed by atoms with Crippen molar-refractivity contribution in [3.05, 3.63) is 15.8 Å². The van der Waals surface area contributed by atoms with Gasteiger partial charge in [0.2, 0.25) is 0 Å². The van der Waals surface area contributed by atoms with Gasteiger partial charge in [0.15, 0.2) is 0 Å². The van der Waals surface area contributed by atoms with Crippen LogP contribution in [0.4, 0.5) is 8.78 Å². The van der Waals surface area contributed by atoms with Crippen molar-refractivity contribution in [2.24, 2.45) is 0 Å². The summed E-state index contributed by atoms with van der Waals surface area (Å²) < 4.78 is 28.4. The van der Waals surface area contributed by atoms with E-state index in [0.29, 0.717) is 4.88 Å². The van der Waals surface area contributed by atoms with E-state index in [1.807, 2.05) is 0 Å². The normalized spacial score (nSPS) is 10.4. The highest BCUT2D eigenvalue weighted by Crippen LogP contribution is 2.29. The van der Waals surface area contributed by atoms with Crippen LogP contribution in [0.15, 0.2) is 6.07 Å². The molecular weight excluding hydrogens is 268 g/mol. The largest absolute Gasteiger partial charge is 0.481 e. The highest BCUT2D eigenvalue weighted by molar-refractivity contribution is 7.14. The van der Waals surface area contributed by atoms with Gasteiger partial charge >= 0.3 is 12.6 Å². The van der Waals surface area contributed by atoms with E-state index < -0.39 is 18.5 Å². The number of amides is 1. The lowest BCUT2D eigenvalue weighted by atomic mass is 10.3. The molecule has 0 aliphatic rings. The van der Waals surface area contributed by atoms with Crippen LogP contribution in [0.3, 0.4) is 0 Å². The first kappa shape index (κ1) is 14.4. The summed E-state index contributed by atoms with van der Waals surface area (Å²) in [5.74, 6) is -1.87. The van der Waals surface area contributed by atoms with E-state index in [0.717, 1.165) is 11.3 Å². The van der Waals surface area contributed by atoms with Crippen molar-refractivity contribution in [3.8, 4) is 5.75 Å². The molecule has 2 N–H and O–H groups in total. The van der Waals surface area contributed by atoms with Crippen LogP contribution in [0.5, 0.6) is 5.75 Å². The van der Waals surface area contributed by atoms with Crippen molar-refractivity contribution in [2.45, 2.75) is 20.0 Å². The van der Waals surface area contributed by atoms with Crippen LogP contribution in [0.25, 0.3) is 0 Å². The van der Waals surface area contributed by atoms with Crippen LogP contribution in [-0.2, 0) is 4.79 Å². The third-order valence-corrected chi connectivity index (χ3v) is 2.90. The van der Waals surface area contributed by atoms with E-state index in [1.54, 1.807) is 6.92 Å². The van der Waals surface area contributed by atoms with E-state index in [4.69, 9.17) is 5.11 Å². The van der Waals surface area contributed by atoms with Crippen LogP contribution in [-0.4, -0.2) is 30.1 Å². The Kier molecular flexibility index (Phi) is 5.02. The number of aliphatic carboxylic acids is 1. The van der Waals surface area contributed by atoms with Crippen LogP contribution in [0.1, 0.15) is 21.0 Å². The summed E-state index contributed by atoms with van der Waals surface area (Å²) in [5.41, 5.74) is 0. The minimum atomic E-state index is -3.01. The molecule has 1 rings (SSSR count). The standard InChI is InChI=1S/C10H11F2NO4S/c1-5-4-6(17-10(11)12)8(18-5)9(16)13-3-2-7(14)15/h4,10H,2-3H2,1H3,(H,13,16)(H,14,15). The summed E-state index contributed by atoms with van der Waals surface area (Å²) in [5, 5.41) is 10.7. The van der Waals surface area contributed by atoms with E-state index in [-0.39, 0.29) is 23.6 Å². The number of ether oxygens (including phenoxy) is 1. The van der Waals surface area contributed by atoms with Crippen LogP contribution in [0, 0.1) is 6.92 Å². The average Bonchev–Trinajstić information content (AvgIpc) is 2.57. The van der Waals surface area contributed by atoms with Crippen LogP contribution in [0.2, 0.25) is 0 Å². The molecule has 1 aromatic rings. The highest BCUT2D eigenvalue weighted by atomic mass is 32.1. The van der Waals surface area contributed by atoms with E-state index in [9.17, 15) is 18.4 Å². The average molecular weight is 279 g/mol. The minimum Gasteiger partial charge on any atom is -0.481 e. The maximum Gasteiger partial charge on any atom is 0.387 e. The highest BCUT2D eigenvalue weighted by Gasteiger charge is 2.19. The van der Waals surface area contributed by atoms with E-state index >= 15 is 0 Å². The molecule has 0 unspecified atom stereocenters. The SMILES string of the molecule is Cc1cc(OC(F)F)c(C(=O)NCCC(=O)O)s1. The van der Waals surface area contributed by atoms with Gasteiger partial charge in [-0.3, -0.25) is 9.59 Å². The van der Waals surface area contributed by atoms with E-state index in [2.05, 4.69) is 10.1 Å². The topological polar surface area (TPSA) is 75.6 Å². The Hall–Kier alpha value is -1.70. The summed E-state index contributed by atoms with van der Waals surface area (Å²) in [6.45, 7) is -1.43. The first-order valence-electron chi connectivity index (χ1n) is 4.95. The van der Waals surface area contributed by atoms with Crippen molar-refractivity contribution in [1.29, 1.82) is 0 Å². The van der Waals surface area contributed by atoms with Gasteiger partial charge in [0, 0.05) is 11.4 Å². The molecule has 100 valence electrons. The third kappa shape index (κ3) is 4.28. The first-order chi connectivity index (χ1) is 8.40. The summed E-state index contributed by atoms with van der Waals surface area (Å²) in [6.07, 6.45) is -0.235. The number of rotatable bonds is 6. The number of halogens is 2. The molecule has 0 saturated carbocycles. The number of aryl methyl sites for hydroxylation is 1. The summed E-state index contributed by atoms with van der Waals surface area (Å²) in [7, 11) is 0. The van der Waals surface area contributed by atoms with Crippen LogP contribution < -0.4 is 10.1 Å². The van der Waals surface area contributed by atoms with Gasteiger partial charge in [0.05, 0.1) is 6.42 Å². The molecule has 5 nitrogen and oxygen atoms in total. The van der Waals surface area contributed by atoms with Crippen molar-refractivity contribution < 1.29 is 28.2 Å². The Balaban J connectivity index is 2.69. The number of nitrogens with one attached hydrogen (secondary N) is 1. The fraction of sp³-hybridized carbons (Fsp3) is 0.400. The fourth-order valence-electron chi connectivity index (χ4n) is 1.20. The Morgan fingerprint density at radius 2 is 2.22 bits per heavy atom. The Morgan fingerprint density at radius 3 is 2.78 bits per heavy atom. The number of thiophene rings is 1. The van der Waals surface area contributed by atoms with Gasteiger partial charge in [-0.05, 0) is 13.0 Å². The molecule has 0 fully saturated rings. The molecule has 0 atom stereocenters. The number of alkyl halides is 2.